The van der Waals surface area contributed by atoms with Crippen molar-refractivity contribution in [3.05, 3.63) is 17.9 Å². The third-order valence-corrected chi connectivity index (χ3v) is 1.75. The van der Waals surface area contributed by atoms with Crippen LogP contribution in [0.2, 0.25) is 0 Å². The molecule has 1 rings (SSSR count). The van der Waals surface area contributed by atoms with Crippen molar-refractivity contribution in [1.82, 2.24) is 0 Å². The second kappa shape index (κ2) is 5.08. The fourth-order valence-corrected chi connectivity index (χ4v) is 1.04. The van der Waals surface area contributed by atoms with Crippen molar-refractivity contribution in [3.63, 3.8) is 0 Å². The number of anilines is 1. The van der Waals surface area contributed by atoms with E-state index in [1.54, 1.807) is 0 Å². The summed E-state index contributed by atoms with van der Waals surface area (Å²) in [5, 5.41) is 20.3. The Morgan fingerprint density at radius 1 is 1.67 bits per heavy atom. The summed E-state index contributed by atoms with van der Waals surface area (Å²) >= 11 is 0. The maximum atomic E-state index is 10.5. The van der Waals surface area contributed by atoms with Gasteiger partial charge >= 0.3 is 5.97 Å². The number of hydrogen-bond acceptors (Lipinski definition) is 4. The Balaban J connectivity index is 2.64. The van der Waals surface area contributed by atoms with Crippen LogP contribution in [-0.2, 0) is 0 Å². The van der Waals surface area contributed by atoms with Gasteiger partial charge in [-0.15, -0.1) is 12.3 Å². The van der Waals surface area contributed by atoms with Crippen LogP contribution in [0.4, 0.5) is 5.88 Å². The zero-order chi connectivity index (χ0) is 11.3. The van der Waals surface area contributed by atoms with Crippen LogP contribution >= 0.6 is 0 Å². The van der Waals surface area contributed by atoms with Crippen LogP contribution in [0.3, 0.4) is 0 Å². The molecule has 15 heavy (non-hydrogen) atoms. The van der Waals surface area contributed by atoms with Crippen LogP contribution in [0.25, 0.3) is 0 Å². The molecule has 0 spiro atoms. The van der Waals surface area contributed by atoms with Gasteiger partial charge in [0, 0.05) is 12.5 Å². The summed E-state index contributed by atoms with van der Waals surface area (Å²) in [5.41, 5.74) is 0. The maximum Gasteiger partial charge on any atom is 0.371 e. The van der Waals surface area contributed by atoms with Crippen LogP contribution in [0.15, 0.2) is 16.5 Å². The number of carboxylic acid groups (broad SMARTS) is 1. The van der Waals surface area contributed by atoms with Gasteiger partial charge in [0.15, 0.2) is 5.88 Å². The predicted octanol–water partition coefficient (Wildman–Crippen LogP) is 0.774. The molecule has 1 heterocycles. The van der Waals surface area contributed by atoms with E-state index in [0.717, 1.165) is 0 Å². The van der Waals surface area contributed by atoms with E-state index in [2.05, 4.69) is 11.2 Å². The Labute approximate surface area is 86.7 Å². The number of aliphatic hydroxyl groups excluding tert-OH is 1. The lowest BCUT2D eigenvalue weighted by Crippen LogP contribution is -2.22. The molecule has 5 heteroatoms. The Bertz CT molecular complexity index is 377. The quantitative estimate of drug-likeness (QED) is 0.624. The van der Waals surface area contributed by atoms with Crippen molar-refractivity contribution in [2.75, 3.05) is 11.9 Å². The van der Waals surface area contributed by atoms with Gasteiger partial charge in [-0.2, -0.15) is 0 Å². The van der Waals surface area contributed by atoms with Crippen molar-refractivity contribution in [2.24, 2.45) is 0 Å². The second-order valence-corrected chi connectivity index (χ2v) is 2.90. The lowest BCUT2D eigenvalue weighted by Gasteiger charge is -2.11. The van der Waals surface area contributed by atoms with Crippen molar-refractivity contribution < 1.29 is 19.4 Å². The molecule has 0 aliphatic heterocycles. The molecule has 0 saturated carbocycles. The van der Waals surface area contributed by atoms with Gasteiger partial charge in [0.05, 0.1) is 12.6 Å². The highest BCUT2D eigenvalue weighted by atomic mass is 16.4. The summed E-state index contributed by atoms with van der Waals surface area (Å²) in [5.74, 6) is 1.37. The molecule has 1 atom stereocenters. The number of carbonyl (C=O) groups is 1. The lowest BCUT2D eigenvalue weighted by atomic mass is 10.2. The summed E-state index contributed by atoms with van der Waals surface area (Å²) in [7, 11) is 0. The van der Waals surface area contributed by atoms with Crippen molar-refractivity contribution in [3.8, 4) is 12.3 Å². The van der Waals surface area contributed by atoms with E-state index in [0.29, 0.717) is 6.42 Å². The van der Waals surface area contributed by atoms with Gasteiger partial charge in [0.25, 0.3) is 0 Å². The van der Waals surface area contributed by atoms with Crippen LogP contribution < -0.4 is 5.32 Å². The third kappa shape index (κ3) is 3.04. The molecule has 5 nitrogen and oxygen atoms in total. The first-order valence-corrected chi connectivity index (χ1v) is 4.31. The summed E-state index contributed by atoms with van der Waals surface area (Å²) in [6.07, 6.45) is 5.42. The van der Waals surface area contributed by atoms with E-state index >= 15 is 0 Å². The standard InChI is InChI=1S/C10H11NO4/c1-2-3-7(6-12)11-9-5-4-8(15-9)10(13)14/h1,4-5,7,11-12H,3,6H2,(H,13,14). The van der Waals surface area contributed by atoms with E-state index in [4.69, 9.17) is 21.1 Å². The molecular weight excluding hydrogens is 198 g/mol. The van der Waals surface area contributed by atoms with Crippen LogP contribution in [0.1, 0.15) is 17.0 Å². The normalized spacial score (nSPS) is 11.7. The number of hydrogen-bond donors (Lipinski definition) is 3. The summed E-state index contributed by atoms with van der Waals surface area (Å²) in [4.78, 5) is 10.5. The molecule has 0 aromatic carbocycles. The Morgan fingerprint density at radius 2 is 2.40 bits per heavy atom. The number of carboxylic acids is 1. The summed E-state index contributed by atoms with van der Waals surface area (Å²) in [6, 6.07) is 2.47. The Hall–Kier alpha value is -1.93. The molecule has 1 aromatic rings. The van der Waals surface area contributed by atoms with E-state index in [1.165, 1.54) is 12.1 Å². The lowest BCUT2D eigenvalue weighted by molar-refractivity contribution is 0.0663. The zero-order valence-electron chi connectivity index (χ0n) is 7.93. The van der Waals surface area contributed by atoms with Crippen LogP contribution in [0, 0.1) is 12.3 Å². The summed E-state index contributed by atoms with van der Waals surface area (Å²) < 4.78 is 4.93. The van der Waals surface area contributed by atoms with Gasteiger partial charge in [-0.3, -0.25) is 0 Å². The van der Waals surface area contributed by atoms with Crippen molar-refractivity contribution in [1.29, 1.82) is 0 Å². The SMILES string of the molecule is C#CCC(CO)Nc1ccc(C(=O)O)o1. The molecule has 0 aliphatic carbocycles. The predicted molar refractivity (Wildman–Crippen MR) is 53.6 cm³/mol. The summed E-state index contributed by atoms with van der Waals surface area (Å²) in [6.45, 7) is -0.146. The van der Waals surface area contributed by atoms with E-state index < -0.39 is 5.97 Å². The van der Waals surface area contributed by atoms with Gasteiger partial charge in [0.1, 0.15) is 0 Å². The maximum absolute atomic E-state index is 10.5. The fraction of sp³-hybridized carbons (Fsp3) is 0.300. The third-order valence-electron chi connectivity index (χ3n) is 1.75. The largest absolute Gasteiger partial charge is 0.475 e. The monoisotopic (exact) mass is 209 g/mol. The molecule has 0 amide bonds. The van der Waals surface area contributed by atoms with Gasteiger partial charge in [-0.25, -0.2) is 4.79 Å². The van der Waals surface area contributed by atoms with E-state index in [1.807, 2.05) is 0 Å². The van der Waals surface area contributed by atoms with E-state index in [-0.39, 0.29) is 24.3 Å². The van der Waals surface area contributed by atoms with E-state index in [9.17, 15) is 4.79 Å². The first kappa shape index (κ1) is 11.1. The Kier molecular flexibility index (Phi) is 3.77. The smallest absolute Gasteiger partial charge is 0.371 e. The van der Waals surface area contributed by atoms with Gasteiger partial charge < -0.3 is 19.9 Å². The van der Waals surface area contributed by atoms with Crippen molar-refractivity contribution >= 4 is 11.9 Å². The molecule has 0 bridgehead atoms. The topological polar surface area (TPSA) is 82.7 Å². The highest BCUT2D eigenvalue weighted by molar-refractivity contribution is 5.84. The van der Waals surface area contributed by atoms with Crippen LogP contribution in [0.5, 0.6) is 0 Å². The van der Waals surface area contributed by atoms with Gasteiger partial charge in [-0.05, 0) is 6.07 Å². The second-order valence-electron chi connectivity index (χ2n) is 2.90. The minimum absolute atomic E-state index is 0.146. The molecule has 80 valence electrons. The number of terminal acetylenes is 1. The fourth-order valence-electron chi connectivity index (χ4n) is 1.04. The number of aromatic carboxylic acids is 1. The average molecular weight is 209 g/mol. The molecule has 0 aliphatic rings. The molecule has 0 radical (unpaired) electrons. The van der Waals surface area contributed by atoms with Crippen molar-refractivity contribution in [2.45, 2.75) is 12.5 Å². The number of rotatable bonds is 5. The number of furan rings is 1. The number of nitrogens with one attached hydrogen (secondary N) is 1. The molecule has 0 saturated heterocycles. The zero-order valence-corrected chi connectivity index (χ0v) is 7.93. The molecule has 3 N–H and O–H groups in total. The highest BCUT2D eigenvalue weighted by Gasteiger charge is 2.11. The first-order valence-electron chi connectivity index (χ1n) is 4.31. The Morgan fingerprint density at radius 3 is 2.87 bits per heavy atom. The molecule has 1 unspecified atom stereocenters. The number of aliphatic hydroxyl groups is 1. The minimum atomic E-state index is -1.14. The van der Waals surface area contributed by atoms with Crippen LogP contribution in [-0.4, -0.2) is 28.8 Å². The molecule has 0 fully saturated rings. The first-order chi connectivity index (χ1) is 7.17. The average Bonchev–Trinajstić information content (AvgIpc) is 2.65. The minimum Gasteiger partial charge on any atom is -0.475 e. The van der Waals surface area contributed by atoms with Gasteiger partial charge in [0.2, 0.25) is 5.76 Å². The molecular formula is C10H11NO4. The molecule has 1 aromatic heterocycles. The highest BCUT2D eigenvalue weighted by Crippen LogP contribution is 2.14. The van der Waals surface area contributed by atoms with Gasteiger partial charge in [-0.1, -0.05) is 0 Å².